The molecule has 6 heteroatoms. The summed E-state index contributed by atoms with van der Waals surface area (Å²) >= 11 is 0. The summed E-state index contributed by atoms with van der Waals surface area (Å²) < 4.78 is 11.7. The number of carboxylic acids is 1. The molecule has 0 bridgehead atoms. The summed E-state index contributed by atoms with van der Waals surface area (Å²) in [7, 11) is 1.90. The molecule has 26 heavy (non-hydrogen) atoms. The molecule has 0 aromatic heterocycles. The van der Waals surface area contributed by atoms with Crippen LogP contribution in [0, 0.1) is 0 Å². The molecule has 6 nitrogen and oxygen atoms in total. The van der Waals surface area contributed by atoms with Crippen molar-refractivity contribution in [2.24, 2.45) is 0 Å². The van der Waals surface area contributed by atoms with Crippen molar-refractivity contribution in [1.82, 2.24) is 9.80 Å². The van der Waals surface area contributed by atoms with Crippen LogP contribution in [0.25, 0.3) is 0 Å². The maximum atomic E-state index is 10.9. The number of aliphatic carboxylic acids is 1. The first-order valence-electron chi connectivity index (χ1n) is 9.57. The van der Waals surface area contributed by atoms with E-state index in [4.69, 9.17) is 14.6 Å². The number of likely N-dealkylation sites (tertiary alicyclic amines) is 1. The van der Waals surface area contributed by atoms with Crippen LogP contribution >= 0.6 is 0 Å². The zero-order valence-corrected chi connectivity index (χ0v) is 16.2. The minimum Gasteiger partial charge on any atom is -0.490 e. The van der Waals surface area contributed by atoms with E-state index in [0.717, 1.165) is 56.0 Å². The Hall–Kier alpha value is -1.79. The molecule has 0 unspecified atom stereocenters. The van der Waals surface area contributed by atoms with Gasteiger partial charge < -0.3 is 14.6 Å². The molecule has 0 spiro atoms. The highest BCUT2D eigenvalue weighted by molar-refractivity contribution is 5.69. The van der Waals surface area contributed by atoms with Gasteiger partial charge in [-0.2, -0.15) is 0 Å². The van der Waals surface area contributed by atoms with E-state index >= 15 is 0 Å². The molecule has 1 aromatic rings. The predicted octanol–water partition coefficient (Wildman–Crippen LogP) is 2.85. The van der Waals surface area contributed by atoms with E-state index in [1.165, 1.54) is 0 Å². The summed E-state index contributed by atoms with van der Waals surface area (Å²) in [5.41, 5.74) is 1.15. The Bertz CT molecular complexity index is 571. The average Bonchev–Trinajstić information content (AvgIpc) is 2.61. The van der Waals surface area contributed by atoms with Crippen LogP contribution in [0.3, 0.4) is 0 Å². The molecular weight excluding hydrogens is 332 g/mol. The predicted molar refractivity (Wildman–Crippen MR) is 102 cm³/mol. The second-order valence-corrected chi connectivity index (χ2v) is 6.84. The number of hydrogen-bond donors (Lipinski definition) is 1. The second-order valence-electron chi connectivity index (χ2n) is 6.84. The first-order valence-corrected chi connectivity index (χ1v) is 9.57. The fourth-order valence-corrected chi connectivity index (χ4v) is 3.42. The van der Waals surface area contributed by atoms with Crippen molar-refractivity contribution in [3.05, 3.63) is 23.8 Å². The lowest BCUT2D eigenvalue weighted by Gasteiger charge is -2.36. The highest BCUT2D eigenvalue weighted by Crippen LogP contribution is 2.33. The Morgan fingerprint density at radius 3 is 2.62 bits per heavy atom. The smallest absolute Gasteiger partial charge is 0.317 e. The fourth-order valence-electron chi connectivity index (χ4n) is 3.42. The normalized spacial score (nSPS) is 16.0. The molecule has 2 rings (SSSR count). The molecule has 0 radical (unpaired) electrons. The van der Waals surface area contributed by atoms with Gasteiger partial charge in [-0.3, -0.25) is 14.6 Å². The Morgan fingerprint density at radius 1 is 1.27 bits per heavy atom. The number of rotatable bonds is 10. The number of carboxylic acid groups (broad SMARTS) is 1. The summed E-state index contributed by atoms with van der Waals surface area (Å²) in [6, 6.07) is 6.43. The summed E-state index contributed by atoms with van der Waals surface area (Å²) in [5, 5.41) is 8.95. The van der Waals surface area contributed by atoms with Crippen molar-refractivity contribution in [2.45, 2.75) is 45.7 Å². The maximum Gasteiger partial charge on any atom is 0.317 e. The highest BCUT2D eigenvalue weighted by atomic mass is 16.5. The third-order valence-corrected chi connectivity index (χ3v) is 4.77. The number of nitrogens with zero attached hydrogens (tertiary/aromatic N) is 2. The SMILES string of the molecule is CCCOc1c(CN2CCC(N(C)CC(=O)O)CC2)cccc1OCC. The van der Waals surface area contributed by atoms with Crippen LogP contribution < -0.4 is 9.47 Å². The number of ether oxygens (including phenoxy) is 2. The summed E-state index contributed by atoms with van der Waals surface area (Å²) in [6.45, 7) is 8.23. The summed E-state index contributed by atoms with van der Waals surface area (Å²) in [5.74, 6) is 0.913. The fraction of sp³-hybridized carbons (Fsp3) is 0.650. The minimum absolute atomic E-state index is 0.107. The number of hydrogen-bond acceptors (Lipinski definition) is 5. The molecular formula is C20H32N2O4. The molecule has 1 N–H and O–H groups in total. The molecule has 0 amide bonds. The van der Waals surface area contributed by atoms with E-state index < -0.39 is 5.97 Å². The number of benzene rings is 1. The summed E-state index contributed by atoms with van der Waals surface area (Å²) in [4.78, 5) is 15.3. The zero-order valence-electron chi connectivity index (χ0n) is 16.2. The van der Waals surface area contributed by atoms with Gasteiger partial charge in [-0.05, 0) is 52.4 Å². The van der Waals surface area contributed by atoms with Gasteiger partial charge in [-0.1, -0.05) is 19.1 Å². The van der Waals surface area contributed by atoms with E-state index in [1.807, 2.05) is 31.0 Å². The number of piperidine rings is 1. The molecule has 1 aliphatic rings. The van der Waals surface area contributed by atoms with Crippen molar-refractivity contribution in [2.75, 3.05) is 39.9 Å². The lowest BCUT2D eigenvalue weighted by Crippen LogP contribution is -2.44. The molecule has 1 aromatic carbocycles. The molecule has 0 atom stereocenters. The number of para-hydroxylation sites is 1. The minimum atomic E-state index is -0.764. The highest BCUT2D eigenvalue weighted by Gasteiger charge is 2.24. The third-order valence-electron chi connectivity index (χ3n) is 4.77. The molecule has 1 saturated heterocycles. The number of likely N-dealkylation sites (N-methyl/N-ethyl adjacent to an activating group) is 1. The van der Waals surface area contributed by atoms with Gasteiger partial charge >= 0.3 is 5.97 Å². The standard InChI is InChI=1S/C20H32N2O4/c1-4-13-26-20-16(7-6-8-18(20)25-5-2)14-22-11-9-17(10-12-22)21(3)15-19(23)24/h6-8,17H,4-5,9-15H2,1-3H3,(H,23,24). The van der Waals surface area contributed by atoms with Crippen LogP contribution in [-0.2, 0) is 11.3 Å². The van der Waals surface area contributed by atoms with Crippen molar-refractivity contribution in [3.63, 3.8) is 0 Å². The van der Waals surface area contributed by atoms with Gasteiger partial charge in [0.05, 0.1) is 19.8 Å². The van der Waals surface area contributed by atoms with E-state index in [0.29, 0.717) is 19.3 Å². The van der Waals surface area contributed by atoms with Crippen LogP contribution in [-0.4, -0.2) is 66.8 Å². The van der Waals surface area contributed by atoms with Gasteiger partial charge in [-0.15, -0.1) is 0 Å². The lowest BCUT2D eigenvalue weighted by atomic mass is 10.0. The quantitative estimate of drug-likeness (QED) is 0.689. The third kappa shape index (κ3) is 5.88. The van der Waals surface area contributed by atoms with Crippen molar-refractivity contribution < 1.29 is 19.4 Å². The molecule has 146 valence electrons. The van der Waals surface area contributed by atoms with Gasteiger partial charge in [0.15, 0.2) is 11.5 Å². The van der Waals surface area contributed by atoms with Crippen LogP contribution in [0.1, 0.15) is 38.7 Å². The van der Waals surface area contributed by atoms with E-state index in [-0.39, 0.29) is 6.54 Å². The van der Waals surface area contributed by atoms with Gasteiger partial charge in [0.1, 0.15) is 0 Å². The molecule has 1 heterocycles. The average molecular weight is 364 g/mol. The van der Waals surface area contributed by atoms with Gasteiger partial charge in [0.2, 0.25) is 0 Å². The van der Waals surface area contributed by atoms with E-state index in [1.54, 1.807) is 0 Å². The van der Waals surface area contributed by atoms with Crippen LogP contribution in [0.15, 0.2) is 18.2 Å². The van der Waals surface area contributed by atoms with Gasteiger partial charge in [0, 0.05) is 18.2 Å². The lowest BCUT2D eigenvalue weighted by molar-refractivity contribution is -0.138. The van der Waals surface area contributed by atoms with Crippen LogP contribution in [0.4, 0.5) is 0 Å². The van der Waals surface area contributed by atoms with Crippen molar-refractivity contribution >= 4 is 5.97 Å². The van der Waals surface area contributed by atoms with Gasteiger partial charge in [0.25, 0.3) is 0 Å². The Morgan fingerprint density at radius 2 is 2.00 bits per heavy atom. The molecule has 1 fully saturated rings. The Balaban J connectivity index is 1.98. The molecule has 1 aliphatic heterocycles. The Labute approximate surface area is 156 Å². The Kier molecular flexibility index (Phi) is 8.19. The molecule has 0 saturated carbocycles. The van der Waals surface area contributed by atoms with Gasteiger partial charge in [-0.25, -0.2) is 0 Å². The van der Waals surface area contributed by atoms with E-state index in [9.17, 15) is 4.79 Å². The summed E-state index contributed by atoms with van der Waals surface area (Å²) in [6.07, 6.45) is 2.93. The maximum absolute atomic E-state index is 10.9. The van der Waals surface area contributed by atoms with Crippen LogP contribution in [0.5, 0.6) is 11.5 Å². The number of carbonyl (C=O) groups is 1. The van der Waals surface area contributed by atoms with E-state index in [2.05, 4.69) is 17.9 Å². The van der Waals surface area contributed by atoms with Crippen LogP contribution in [0.2, 0.25) is 0 Å². The molecule has 0 aliphatic carbocycles. The largest absolute Gasteiger partial charge is 0.490 e. The first kappa shape index (κ1) is 20.5. The first-order chi connectivity index (χ1) is 12.5. The monoisotopic (exact) mass is 364 g/mol. The zero-order chi connectivity index (χ0) is 18.9. The van der Waals surface area contributed by atoms with Crippen molar-refractivity contribution in [3.8, 4) is 11.5 Å². The topological polar surface area (TPSA) is 62.2 Å². The second kappa shape index (κ2) is 10.4. The van der Waals surface area contributed by atoms with Crippen molar-refractivity contribution in [1.29, 1.82) is 0 Å².